The summed E-state index contributed by atoms with van der Waals surface area (Å²) in [6, 6.07) is 7.02. The number of amides is 2. The van der Waals surface area contributed by atoms with Crippen LogP contribution in [0.2, 0.25) is 0 Å². The Morgan fingerprint density at radius 2 is 1.96 bits per heavy atom. The van der Waals surface area contributed by atoms with Crippen LogP contribution in [0.5, 0.6) is 0 Å². The SMILES string of the molecule is CC(C)C(=O)Nc1cccc(NC(=O)c2csc(CCN)n2)c1. The largest absolute Gasteiger partial charge is 0.330 e. The number of carbonyl (C=O) groups excluding carboxylic acids is 2. The van der Waals surface area contributed by atoms with Crippen LogP contribution >= 0.6 is 11.3 Å². The Morgan fingerprint density at radius 3 is 2.61 bits per heavy atom. The maximum absolute atomic E-state index is 12.2. The Balaban J connectivity index is 2.04. The molecule has 1 heterocycles. The third-order valence-electron chi connectivity index (χ3n) is 3.05. The van der Waals surface area contributed by atoms with Crippen LogP contribution < -0.4 is 16.4 Å². The first-order chi connectivity index (χ1) is 11.0. The number of aromatic nitrogens is 1. The number of thiazole rings is 1. The van der Waals surface area contributed by atoms with E-state index in [9.17, 15) is 9.59 Å². The molecule has 1 aromatic carbocycles. The zero-order chi connectivity index (χ0) is 16.8. The van der Waals surface area contributed by atoms with Crippen LogP contribution in [0.15, 0.2) is 29.6 Å². The quantitative estimate of drug-likeness (QED) is 0.757. The minimum absolute atomic E-state index is 0.0700. The molecule has 6 nitrogen and oxygen atoms in total. The fraction of sp³-hybridized carbons (Fsp3) is 0.312. The predicted octanol–water partition coefficient (Wildman–Crippen LogP) is 2.49. The number of nitrogens with two attached hydrogens (primary N) is 1. The lowest BCUT2D eigenvalue weighted by Gasteiger charge is -2.09. The molecule has 0 bridgehead atoms. The van der Waals surface area contributed by atoms with E-state index in [4.69, 9.17) is 5.73 Å². The number of hydrogen-bond donors (Lipinski definition) is 3. The lowest BCUT2D eigenvalue weighted by Crippen LogP contribution is -2.18. The normalized spacial score (nSPS) is 10.6. The fourth-order valence-electron chi connectivity index (χ4n) is 1.81. The Morgan fingerprint density at radius 1 is 1.26 bits per heavy atom. The van der Waals surface area contributed by atoms with Gasteiger partial charge in [0.15, 0.2) is 0 Å². The molecule has 7 heteroatoms. The summed E-state index contributed by atoms with van der Waals surface area (Å²) in [6.45, 7) is 4.15. The summed E-state index contributed by atoms with van der Waals surface area (Å²) in [5.74, 6) is -0.458. The zero-order valence-corrected chi connectivity index (χ0v) is 13.9. The van der Waals surface area contributed by atoms with Gasteiger partial charge in [-0.3, -0.25) is 9.59 Å². The zero-order valence-electron chi connectivity index (χ0n) is 13.1. The van der Waals surface area contributed by atoms with Crippen molar-refractivity contribution in [2.45, 2.75) is 20.3 Å². The van der Waals surface area contributed by atoms with Crippen molar-refractivity contribution >= 4 is 34.5 Å². The maximum Gasteiger partial charge on any atom is 0.275 e. The van der Waals surface area contributed by atoms with Crippen LogP contribution in [0.1, 0.15) is 29.3 Å². The predicted molar refractivity (Wildman–Crippen MR) is 92.7 cm³/mol. The van der Waals surface area contributed by atoms with Gasteiger partial charge in [-0.15, -0.1) is 11.3 Å². The van der Waals surface area contributed by atoms with E-state index in [0.29, 0.717) is 30.0 Å². The van der Waals surface area contributed by atoms with Crippen molar-refractivity contribution in [1.29, 1.82) is 0 Å². The third-order valence-corrected chi connectivity index (χ3v) is 3.96. The molecule has 2 amide bonds. The first-order valence-corrected chi connectivity index (χ1v) is 8.24. The Kier molecular flexibility index (Phi) is 5.84. The van der Waals surface area contributed by atoms with E-state index in [1.54, 1.807) is 29.6 Å². The van der Waals surface area contributed by atoms with E-state index in [2.05, 4.69) is 15.6 Å². The molecule has 4 N–H and O–H groups in total. The van der Waals surface area contributed by atoms with Gasteiger partial charge in [-0.25, -0.2) is 4.98 Å². The van der Waals surface area contributed by atoms with Crippen molar-refractivity contribution in [2.75, 3.05) is 17.2 Å². The van der Waals surface area contributed by atoms with Gasteiger partial charge in [0.2, 0.25) is 5.91 Å². The number of benzene rings is 1. The summed E-state index contributed by atoms with van der Waals surface area (Å²) in [7, 11) is 0. The number of rotatable bonds is 6. The average Bonchev–Trinajstić information content (AvgIpc) is 2.96. The van der Waals surface area contributed by atoms with Crippen molar-refractivity contribution in [3.05, 3.63) is 40.3 Å². The van der Waals surface area contributed by atoms with Crippen LogP contribution in [-0.4, -0.2) is 23.3 Å². The summed E-state index contributed by atoms with van der Waals surface area (Å²) >= 11 is 1.42. The van der Waals surface area contributed by atoms with Crippen molar-refractivity contribution in [3.8, 4) is 0 Å². The summed E-state index contributed by atoms with van der Waals surface area (Å²) < 4.78 is 0. The first kappa shape index (κ1) is 17.1. The third kappa shape index (κ3) is 4.87. The van der Waals surface area contributed by atoms with E-state index < -0.39 is 0 Å². The second-order valence-corrected chi connectivity index (χ2v) is 6.29. The molecule has 2 rings (SSSR count). The monoisotopic (exact) mass is 332 g/mol. The highest BCUT2D eigenvalue weighted by atomic mass is 32.1. The second kappa shape index (κ2) is 7.85. The fourth-order valence-corrected chi connectivity index (χ4v) is 2.60. The maximum atomic E-state index is 12.2. The molecular weight excluding hydrogens is 312 g/mol. The second-order valence-electron chi connectivity index (χ2n) is 5.34. The minimum Gasteiger partial charge on any atom is -0.330 e. The lowest BCUT2D eigenvalue weighted by atomic mass is 10.2. The van der Waals surface area contributed by atoms with Crippen LogP contribution in [0.25, 0.3) is 0 Å². The van der Waals surface area contributed by atoms with Crippen LogP contribution in [-0.2, 0) is 11.2 Å². The van der Waals surface area contributed by atoms with Gasteiger partial charge in [-0.05, 0) is 24.7 Å². The standard InChI is InChI=1S/C16H20N4O2S/c1-10(2)15(21)18-11-4-3-5-12(8-11)19-16(22)13-9-23-14(20-13)6-7-17/h3-5,8-10H,6-7,17H2,1-2H3,(H,18,21)(H,19,22). The summed E-state index contributed by atoms with van der Waals surface area (Å²) in [4.78, 5) is 28.1. The number of hydrogen-bond acceptors (Lipinski definition) is 5. The topological polar surface area (TPSA) is 97.1 Å². The van der Waals surface area contributed by atoms with Crippen molar-refractivity contribution in [3.63, 3.8) is 0 Å². The number of carbonyl (C=O) groups is 2. The first-order valence-electron chi connectivity index (χ1n) is 7.36. The molecule has 0 saturated heterocycles. The number of anilines is 2. The summed E-state index contributed by atoms with van der Waals surface area (Å²) in [5, 5.41) is 8.13. The van der Waals surface area contributed by atoms with Gasteiger partial charge in [-0.1, -0.05) is 19.9 Å². The molecule has 0 fully saturated rings. The molecule has 0 spiro atoms. The Labute approximate surface area is 139 Å². The van der Waals surface area contributed by atoms with Gasteiger partial charge >= 0.3 is 0 Å². The van der Waals surface area contributed by atoms with E-state index in [1.165, 1.54) is 11.3 Å². The number of nitrogens with one attached hydrogen (secondary N) is 2. The minimum atomic E-state index is -0.281. The van der Waals surface area contributed by atoms with Gasteiger partial charge in [0.25, 0.3) is 5.91 Å². The van der Waals surface area contributed by atoms with Gasteiger partial charge in [0.05, 0.1) is 5.01 Å². The van der Waals surface area contributed by atoms with Crippen molar-refractivity contribution in [2.24, 2.45) is 11.7 Å². The van der Waals surface area contributed by atoms with E-state index in [0.717, 1.165) is 5.01 Å². The van der Waals surface area contributed by atoms with Crippen molar-refractivity contribution < 1.29 is 9.59 Å². The highest BCUT2D eigenvalue weighted by Gasteiger charge is 2.12. The summed E-state index contributed by atoms with van der Waals surface area (Å²) in [6.07, 6.45) is 0.661. The molecule has 23 heavy (non-hydrogen) atoms. The molecule has 0 saturated carbocycles. The molecule has 122 valence electrons. The lowest BCUT2D eigenvalue weighted by molar-refractivity contribution is -0.118. The van der Waals surface area contributed by atoms with E-state index >= 15 is 0 Å². The van der Waals surface area contributed by atoms with Gasteiger partial charge in [0, 0.05) is 29.1 Å². The average molecular weight is 332 g/mol. The molecule has 2 aromatic rings. The van der Waals surface area contributed by atoms with Gasteiger partial charge in [0.1, 0.15) is 5.69 Å². The molecule has 0 aliphatic rings. The highest BCUT2D eigenvalue weighted by molar-refractivity contribution is 7.09. The molecule has 0 unspecified atom stereocenters. The molecule has 0 radical (unpaired) electrons. The summed E-state index contributed by atoms with van der Waals surface area (Å²) in [5.41, 5.74) is 7.09. The van der Waals surface area contributed by atoms with Crippen LogP contribution in [0.3, 0.4) is 0 Å². The molecule has 0 aliphatic heterocycles. The molecule has 0 aliphatic carbocycles. The number of nitrogens with zero attached hydrogens (tertiary/aromatic N) is 1. The van der Waals surface area contributed by atoms with Crippen LogP contribution in [0, 0.1) is 5.92 Å². The highest BCUT2D eigenvalue weighted by Crippen LogP contribution is 2.18. The van der Waals surface area contributed by atoms with E-state index in [1.807, 2.05) is 13.8 Å². The molecular formula is C16H20N4O2S. The van der Waals surface area contributed by atoms with Gasteiger partial charge < -0.3 is 16.4 Å². The molecule has 1 aromatic heterocycles. The Bertz CT molecular complexity index is 697. The Hall–Kier alpha value is -2.25. The van der Waals surface area contributed by atoms with Gasteiger partial charge in [-0.2, -0.15) is 0 Å². The van der Waals surface area contributed by atoms with Crippen LogP contribution in [0.4, 0.5) is 11.4 Å². The smallest absolute Gasteiger partial charge is 0.275 e. The molecule has 0 atom stereocenters. The van der Waals surface area contributed by atoms with E-state index in [-0.39, 0.29) is 17.7 Å². The van der Waals surface area contributed by atoms with Crippen molar-refractivity contribution in [1.82, 2.24) is 4.98 Å².